The summed E-state index contributed by atoms with van der Waals surface area (Å²) in [4.78, 5) is 29.7. The summed E-state index contributed by atoms with van der Waals surface area (Å²) in [5.41, 5.74) is 0.887. The van der Waals surface area contributed by atoms with Crippen LogP contribution < -0.4 is 10.6 Å². The van der Waals surface area contributed by atoms with E-state index in [9.17, 15) is 14.7 Å². The predicted octanol–water partition coefficient (Wildman–Crippen LogP) is 2.29. The lowest BCUT2D eigenvalue weighted by atomic mass is 9.95. The third kappa shape index (κ3) is 5.43. The quantitative estimate of drug-likeness (QED) is 0.638. The molecular formula is C21H29N5O4. The topological polar surface area (TPSA) is 118 Å². The number of aliphatic hydroxyl groups is 1. The van der Waals surface area contributed by atoms with Crippen LogP contribution in [-0.4, -0.2) is 51.4 Å². The highest BCUT2D eigenvalue weighted by molar-refractivity contribution is 6.07. The number of anilines is 1. The van der Waals surface area contributed by atoms with Gasteiger partial charge in [-0.15, -0.1) is 0 Å². The average Bonchev–Trinajstić information content (AvgIpc) is 3.16. The molecule has 30 heavy (non-hydrogen) atoms. The Balaban J connectivity index is 1.84. The van der Waals surface area contributed by atoms with E-state index < -0.39 is 17.2 Å². The van der Waals surface area contributed by atoms with Crippen molar-refractivity contribution in [2.75, 3.05) is 25.1 Å². The summed E-state index contributed by atoms with van der Waals surface area (Å²) in [6.07, 6.45) is 4.13. The highest BCUT2D eigenvalue weighted by Gasteiger charge is 2.25. The zero-order chi connectivity index (χ0) is 21.7. The molecule has 1 aliphatic heterocycles. The van der Waals surface area contributed by atoms with Crippen LogP contribution in [0.3, 0.4) is 0 Å². The minimum atomic E-state index is -0.473. The molecule has 0 spiro atoms. The summed E-state index contributed by atoms with van der Waals surface area (Å²) >= 11 is 0. The third-order valence-corrected chi connectivity index (χ3v) is 4.92. The molecule has 0 aliphatic carbocycles. The van der Waals surface area contributed by atoms with E-state index in [0.29, 0.717) is 6.61 Å². The van der Waals surface area contributed by atoms with Crippen molar-refractivity contribution in [3.63, 3.8) is 0 Å². The molecule has 3 heterocycles. The summed E-state index contributed by atoms with van der Waals surface area (Å²) in [5.74, 6) is -0.855. The van der Waals surface area contributed by atoms with Crippen molar-refractivity contribution in [3.05, 3.63) is 41.5 Å². The first-order chi connectivity index (χ1) is 14.3. The molecule has 1 aliphatic rings. The molecule has 1 saturated heterocycles. The Morgan fingerprint density at radius 2 is 2.10 bits per heavy atom. The zero-order valence-corrected chi connectivity index (χ0v) is 17.6. The largest absolute Gasteiger partial charge is 0.396 e. The number of amides is 2. The van der Waals surface area contributed by atoms with Crippen molar-refractivity contribution < 1.29 is 19.4 Å². The van der Waals surface area contributed by atoms with E-state index in [1.54, 1.807) is 36.0 Å². The SMILES string of the molecule is Cc1cccc(C(=O)Nc2cn(C3CCCCO3)nc2C(=O)NCC(C)(C)CO)n1. The molecule has 9 nitrogen and oxygen atoms in total. The van der Waals surface area contributed by atoms with Gasteiger partial charge in [0.05, 0.1) is 11.9 Å². The molecule has 2 aromatic heterocycles. The number of carbonyl (C=O) groups is 2. The molecule has 2 amide bonds. The number of nitrogens with zero attached hydrogens (tertiary/aromatic N) is 3. The maximum atomic E-state index is 12.8. The van der Waals surface area contributed by atoms with E-state index in [1.165, 1.54) is 0 Å². The monoisotopic (exact) mass is 415 g/mol. The minimum absolute atomic E-state index is 0.0692. The van der Waals surface area contributed by atoms with Gasteiger partial charge in [0.2, 0.25) is 0 Å². The molecule has 3 N–H and O–H groups in total. The summed E-state index contributed by atoms with van der Waals surface area (Å²) < 4.78 is 7.35. The van der Waals surface area contributed by atoms with Crippen LogP contribution in [0.2, 0.25) is 0 Å². The average molecular weight is 415 g/mol. The fourth-order valence-corrected chi connectivity index (χ4v) is 3.05. The van der Waals surface area contributed by atoms with E-state index in [0.717, 1.165) is 25.0 Å². The molecule has 162 valence electrons. The first kappa shape index (κ1) is 21.9. The van der Waals surface area contributed by atoms with Crippen LogP contribution in [-0.2, 0) is 4.74 Å². The number of rotatable bonds is 7. The number of hydrogen-bond donors (Lipinski definition) is 3. The number of pyridine rings is 1. The van der Waals surface area contributed by atoms with Gasteiger partial charge >= 0.3 is 0 Å². The van der Waals surface area contributed by atoms with E-state index >= 15 is 0 Å². The third-order valence-electron chi connectivity index (χ3n) is 4.92. The van der Waals surface area contributed by atoms with Crippen molar-refractivity contribution in [1.82, 2.24) is 20.1 Å². The fraction of sp³-hybridized carbons (Fsp3) is 0.524. The van der Waals surface area contributed by atoms with Crippen LogP contribution >= 0.6 is 0 Å². The first-order valence-corrected chi connectivity index (χ1v) is 10.1. The van der Waals surface area contributed by atoms with Gasteiger partial charge in [-0.1, -0.05) is 19.9 Å². The fourth-order valence-electron chi connectivity index (χ4n) is 3.05. The summed E-state index contributed by atoms with van der Waals surface area (Å²) in [7, 11) is 0. The standard InChI is InChI=1S/C21H29N5O4/c1-14-7-6-8-15(23-14)19(28)24-16-11-26(17-9-4-5-10-30-17)25-18(16)20(29)22-12-21(2,3)13-27/h6-8,11,17,27H,4-5,9-10,12-13H2,1-3H3,(H,22,29)(H,24,28). The normalized spacial score (nSPS) is 16.9. The van der Waals surface area contributed by atoms with Gasteiger partial charge < -0.3 is 20.5 Å². The summed E-state index contributed by atoms with van der Waals surface area (Å²) in [6.45, 7) is 6.31. The molecule has 0 aromatic carbocycles. The van der Waals surface area contributed by atoms with Gasteiger partial charge in [-0.05, 0) is 38.3 Å². The van der Waals surface area contributed by atoms with Crippen LogP contribution in [0.15, 0.2) is 24.4 Å². The Labute approximate surface area is 175 Å². The number of carbonyl (C=O) groups excluding carboxylic acids is 2. The number of aryl methyl sites for hydroxylation is 1. The van der Waals surface area contributed by atoms with E-state index in [2.05, 4.69) is 20.7 Å². The lowest BCUT2D eigenvalue weighted by Crippen LogP contribution is -2.36. The van der Waals surface area contributed by atoms with E-state index in [1.807, 2.05) is 13.8 Å². The summed E-state index contributed by atoms with van der Waals surface area (Å²) in [6, 6.07) is 5.17. The Morgan fingerprint density at radius 1 is 1.30 bits per heavy atom. The Kier molecular flexibility index (Phi) is 6.84. The van der Waals surface area contributed by atoms with Gasteiger partial charge in [0, 0.05) is 30.9 Å². The van der Waals surface area contributed by atoms with Crippen molar-refractivity contribution >= 4 is 17.5 Å². The molecule has 1 fully saturated rings. The Morgan fingerprint density at radius 3 is 2.77 bits per heavy atom. The molecule has 0 bridgehead atoms. The van der Waals surface area contributed by atoms with Crippen LogP contribution in [0, 0.1) is 12.3 Å². The molecule has 2 aromatic rings. The second-order valence-electron chi connectivity index (χ2n) is 8.32. The highest BCUT2D eigenvalue weighted by Crippen LogP contribution is 2.25. The minimum Gasteiger partial charge on any atom is -0.396 e. The lowest BCUT2D eigenvalue weighted by Gasteiger charge is -2.22. The maximum Gasteiger partial charge on any atom is 0.274 e. The van der Waals surface area contributed by atoms with Crippen LogP contribution in [0.25, 0.3) is 0 Å². The van der Waals surface area contributed by atoms with Crippen molar-refractivity contribution in [3.8, 4) is 0 Å². The van der Waals surface area contributed by atoms with Gasteiger partial charge in [-0.3, -0.25) is 9.59 Å². The molecule has 9 heteroatoms. The predicted molar refractivity (Wildman–Crippen MR) is 111 cm³/mol. The smallest absolute Gasteiger partial charge is 0.274 e. The van der Waals surface area contributed by atoms with Crippen molar-refractivity contribution in [2.24, 2.45) is 5.41 Å². The first-order valence-electron chi connectivity index (χ1n) is 10.1. The van der Waals surface area contributed by atoms with E-state index in [4.69, 9.17) is 4.74 Å². The molecular weight excluding hydrogens is 386 g/mol. The Bertz CT molecular complexity index is 903. The van der Waals surface area contributed by atoms with Gasteiger partial charge in [0.15, 0.2) is 5.69 Å². The van der Waals surface area contributed by atoms with Crippen molar-refractivity contribution in [2.45, 2.75) is 46.3 Å². The number of aliphatic hydroxyl groups excluding tert-OH is 1. The lowest BCUT2D eigenvalue weighted by molar-refractivity contribution is -0.0395. The van der Waals surface area contributed by atoms with Gasteiger partial charge in [-0.2, -0.15) is 5.10 Å². The molecule has 1 atom stereocenters. The number of ether oxygens (including phenoxy) is 1. The number of hydrogen-bond acceptors (Lipinski definition) is 6. The second-order valence-corrected chi connectivity index (χ2v) is 8.32. The highest BCUT2D eigenvalue weighted by atomic mass is 16.5. The molecule has 3 rings (SSSR count). The number of aromatic nitrogens is 3. The molecule has 0 saturated carbocycles. The van der Waals surface area contributed by atoms with Crippen LogP contribution in [0.1, 0.15) is 66.0 Å². The zero-order valence-electron chi connectivity index (χ0n) is 17.6. The van der Waals surface area contributed by atoms with Gasteiger partial charge in [0.1, 0.15) is 11.9 Å². The second kappa shape index (κ2) is 9.36. The number of nitrogens with one attached hydrogen (secondary N) is 2. The van der Waals surface area contributed by atoms with Gasteiger partial charge in [-0.25, -0.2) is 9.67 Å². The molecule has 0 radical (unpaired) electrons. The van der Waals surface area contributed by atoms with Crippen molar-refractivity contribution in [1.29, 1.82) is 0 Å². The summed E-state index contributed by atoms with van der Waals surface area (Å²) in [5, 5.41) is 19.4. The van der Waals surface area contributed by atoms with Crippen LogP contribution in [0.4, 0.5) is 5.69 Å². The van der Waals surface area contributed by atoms with Gasteiger partial charge in [0.25, 0.3) is 11.8 Å². The maximum absolute atomic E-state index is 12.8. The molecule has 1 unspecified atom stereocenters. The Hall–Kier alpha value is -2.78. The van der Waals surface area contributed by atoms with Crippen LogP contribution in [0.5, 0.6) is 0 Å². The van der Waals surface area contributed by atoms with E-state index in [-0.39, 0.29) is 36.5 Å².